The van der Waals surface area contributed by atoms with E-state index < -0.39 is 0 Å². The molecule has 0 N–H and O–H groups in total. The summed E-state index contributed by atoms with van der Waals surface area (Å²) in [7, 11) is 1.70. The lowest BCUT2D eigenvalue weighted by molar-refractivity contribution is -0.0511. The molecule has 1 aliphatic rings. The van der Waals surface area contributed by atoms with Crippen LogP contribution in [0.15, 0.2) is 0 Å². The first-order chi connectivity index (χ1) is 7.69. The Bertz CT molecular complexity index is 345. The molecule has 0 aromatic carbocycles. The maximum absolute atomic E-state index is 5.77. The third-order valence-electron chi connectivity index (χ3n) is 2.47. The zero-order valence-corrected chi connectivity index (χ0v) is 10.7. The summed E-state index contributed by atoms with van der Waals surface area (Å²) in [5, 5.41) is 0.980. The van der Waals surface area contributed by atoms with Crippen LogP contribution in [0.2, 0.25) is 0 Å². The molecule has 0 amide bonds. The van der Waals surface area contributed by atoms with Gasteiger partial charge in [-0.15, -0.1) is 0 Å². The van der Waals surface area contributed by atoms with E-state index in [1.165, 1.54) is 11.5 Å². The van der Waals surface area contributed by atoms with Gasteiger partial charge >= 0.3 is 0 Å². The third kappa shape index (κ3) is 2.69. The van der Waals surface area contributed by atoms with E-state index in [0.717, 1.165) is 24.0 Å². The maximum atomic E-state index is 5.77. The number of hydrogen-bond acceptors (Lipinski definition) is 6. The average Bonchev–Trinajstić information content (AvgIpc) is 2.64. The minimum atomic E-state index is 0.123. The van der Waals surface area contributed by atoms with E-state index in [2.05, 4.69) is 21.2 Å². The van der Waals surface area contributed by atoms with Crippen molar-refractivity contribution in [3.63, 3.8) is 0 Å². The molecule has 6 heteroatoms. The number of methoxy groups -OCH3 is 1. The molecule has 0 bridgehead atoms. The summed E-state index contributed by atoms with van der Waals surface area (Å²) in [5.41, 5.74) is 0. The highest BCUT2D eigenvalue weighted by molar-refractivity contribution is 7.09. The van der Waals surface area contributed by atoms with E-state index in [0.29, 0.717) is 6.61 Å². The number of anilines is 1. The Morgan fingerprint density at radius 1 is 1.56 bits per heavy atom. The van der Waals surface area contributed by atoms with E-state index >= 15 is 0 Å². The number of ether oxygens (including phenoxy) is 2. The van der Waals surface area contributed by atoms with Crippen LogP contribution in [0.25, 0.3) is 0 Å². The summed E-state index contributed by atoms with van der Waals surface area (Å²) in [6.45, 7) is 6.31. The molecule has 0 saturated carbocycles. The van der Waals surface area contributed by atoms with E-state index in [4.69, 9.17) is 9.47 Å². The highest BCUT2D eigenvalue weighted by Crippen LogP contribution is 2.22. The molecular formula is C10H17N3O2S. The monoisotopic (exact) mass is 243 g/mol. The Morgan fingerprint density at radius 3 is 3.00 bits per heavy atom. The van der Waals surface area contributed by atoms with Gasteiger partial charge in [0.25, 0.3) is 0 Å². The van der Waals surface area contributed by atoms with Crippen molar-refractivity contribution in [3.05, 3.63) is 5.82 Å². The standard InChI is InChI=1S/C10H17N3O2S/c1-7-4-13(5-9(15-7)6-14-3)10-11-8(2)12-16-10/h7,9H,4-6H2,1-3H3. The van der Waals surface area contributed by atoms with Crippen LogP contribution < -0.4 is 4.90 Å². The van der Waals surface area contributed by atoms with Crippen molar-refractivity contribution < 1.29 is 9.47 Å². The molecular weight excluding hydrogens is 226 g/mol. The second-order valence-electron chi connectivity index (χ2n) is 4.05. The van der Waals surface area contributed by atoms with Gasteiger partial charge < -0.3 is 14.4 Å². The molecule has 1 aromatic heterocycles. The fourth-order valence-corrected chi connectivity index (χ4v) is 2.59. The van der Waals surface area contributed by atoms with Gasteiger partial charge in [0.15, 0.2) is 0 Å². The van der Waals surface area contributed by atoms with Crippen molar-refractivity contribution in [3.8, 4) is 0 Å². The predicted octanol–water partition coefficient (Wildman–Crippen LogP) is 1.09. The second-order valence-corrected chi connectivity index (χ2v) is 4.78. The molecule has 0 radical (unpaired) electrons. The molecule has 90 valence electrons. The number of rotatable bonds is 3. The van der Waals surface area contributed by atoms with E-state index in [1.54, 1.807) is 7.11 Å². The number of hydrogen-bond donors (Lipinski definition) is 0. The summed E-state index contributed by atoms with van der Waals surface area (Å²) in [6, 6.07) is 0. The first kappa shape index (κ1) is 11.8. The molecule has 2 atom stereocenters. The Labute approximate surface area is 99.6 Å². The van der Waals surface area contributed by atoms with Crippen molar-refractivity contribution in [2.24, 2.45) is 0 Å². The van der Waals surface area contributed by atoms with E-state index in [9.17, 15) is 0 Å². The lowest BCUT2D eigenvalue weighted by Gasteiger charge is -2.36. The van der Waals surface area contributed by atoms with Gasteiger partial charge in [-0.25, -0.2) is 4.98 Å². The Balaban J connectivity index is 2.04. The van der Waals surface area contributed by atoms with Crippen molar-refractivity contribution in [1.29, 1.82) is 0 Å². The fourth-order valence-electron chi connectivity index (χ4n) is 1.89. The topological polar surface area (TPSA) is 47.5 Å². The van der Waals surface area contributed by atoms with Gasteiger partial charge in [0.2, 0.25) is 5.13 Å². The van der Waals surface area contributed by atoms with Gasteiger partial charge in [0.05, 0.1) is 18.8 Å². The van der Waals surface area contributed by atoms with E-state index in [-0.39, 0.29) is 12.2 Å². The fraction of sp³-hybridized carbons (Fsp3) is 0.800. The van der Waals surface area contributed by atoms with E-state index in [1.807, 2.05) is 6.92 Å². The SMILES string of the molecule is COCC1CN(c2nc(C)ns2)CC(C)O1. The first-order valence-corrected chi connectivity index (χ1v) is 6.16. The highest BCUT2D eigenvalue weighted by atomic mass is 32.1. The molecule has 16 heavy (non-hydrogen) atoms. The maximum Gasteiger partial charge on any atom is 0.205 e. The molecule has 1 aromatic rings. The average molecular weight is 243 g/mol. The lowest BCUT2D eigenvalue weighted by Crippen LogP contribution is -2.48. The molecule has 1 fully saturated rings. The van der Waals surface area contributed by atoms with Crippen LogP contribution in [0, 0.1) is 6.92 Å². The summed E-state index contributed by atoms with van der Waals surface area (Å²) >= 11 is 1.45. The smallest absolute Gasteiger partial charge is 0.205 e. The third-order valence-corrected chi connectivity index (χ3v) is 3.33. The van der Waals surface area contributed by atoms with Crippen molar-refractivity contribution in [2.75, 3.05) is 31.7 Å². The summed E-state index contributed by atoms with van der Waals surface area (Å²) in [5.74, 6) is 0.836. The molecule has 1 aliphatic heterocycles. The first-order valence-electron chi connectivity index (χ1n) is 5.38. The molecule has 0 spiro atoms. The highest BCUT2D eigenvalue weighted by Gasteiger charge is 2.26. The Kier molecular flexibility index (Phi) is 3.73. The number of aromatic nitrogens is 2. The Hall–Kier alpha value is -0.720. The van der Waals surface area contributed by atoms with Gasteiger partial charge in [0.1, 0.15) is 5.82 Å². The van der Waals surface area contributed by atoms with Crippen molar-refractivity contribution >= 4 is 16.7 Å². The molecule has 1 saturated heterocycles. The number of morpholine rings is 1. The van der Waals surface area contributed by atoms with Crippen LogP contribution in [-0.4, -0.2) is 48.4 Å². The predicted molar refractivity (Wildman–Crippen MR) is 63.1 cm³/mol. The van der Waals surface area contributed by atoms with Gasteiger partial charge in [-0.2, -0.15) is 4.37 Å². The van der Waals surface area contributed by atoms with Gasteiger partial charge in [-0.05, 0) is 13.8 Å². The van der Waals surface area contributed by atoms with Gasteiger partial charge in [0, 0.05) is 31.7 Å². The van der Waals surface area contributed by atoms with Crippen LogP contribution in [-0.2, 0) is 9.47 Å². The zero-order chi connectivity index (χ0) is 11.5. The minimum absolute atomic E-state index is 0.123. The summed E-state index contributed by atoms with van der Waals surface area (Å²) < 4.78 is 15.1. The van der Waals surface area contributed by atoms with Gasteiger partial charge in [-0.3, -0.25) is 0 Å². The van der Waals surface area contributed by atoms with Crippen LogP contribution in [0.1, 0.15) is 12.7 Å². The molecule has 5 nitrogen and oxygen atoms in total. The quantitative estimate of drug-likeness (QED) is 0.795. The second kappa shape index (κ2) is 5.07. The largest absolute Gasteiger partial charge is 0.382 e. The minimum Gasteiger partial charge on any atom is -0.382 e. The van der Waals surface area contributed by atoms with Crippen molar-refractivity contribution in [1.82, 2.24) is 9.36 Å². The lowest BCUT2D eigenvalue weighted by atomic mass is 10.2. The Morgan fingerprint density at radius 2 is 2.38 bits per heavy atom. The molecule has 2 rings (SSSR count). The van der Waals surface area contributed by atoms with Crippen LogP contribution >= 0.6 is 11.5 Å². The van der Waals surface area contributed by atoms with Gasteiger partial charge in [-0.1, -0.05) is 0 Å². The molecule has 2 heterocycles. The van der Waals surface area contributed by atoms with Crippen LogP contribution in [0.3, 0.4) is 0 Å². The molecule has 0 aliphatic carbocycles. The van der Waals surface area contributed by atoms with Crippen molar-refractivity contribution in [2.45, 2.75) is 26.1 Å². The van der Waals surface area contributed by atoms with Crippen LogP contribution in [0.4, 0.5) is 5.13 Å². The number of aryl methyl sites for hydroxylation is 1. The van der Waals surface area contributed by atoms with Crippen LogP contribution in [0.5, 0.6) is 0 Å². The molecule has 2 unspecified atom stereocenters. The zero-order valence-electron chi connectivity index (χ0n) is 9.84. The summed E-state index contributed by atoms with van der Waals surface area (Å²) in [6.07, 6.45) is 0.330. The normalized spacial score (nSPS) is 26.1. The number of nitrogens with zero attached hydrogens (tertiary/aromatic N) is 3. The summed E-state index contributed by atoms with van der Waals surface area (Å²) in [4.78, 5) is 6.63.